The molecule has 0 radical (unpaired) electrons. The van der Waals surface area contributed by atoms with Gasteiger partial charge in [0.2, 0.25) is 6.39 Å². The van der Waals surface area contributed by atoms with Crippen LogP contribution in [-0.4, -0.2) is 44.9 Å². The van der Waals surface area contributed by atoms with Crippen molar-refractivity contribution in [2.24, 2.45) is 0 Å². The van der Waals surface area contributed by atoms with E-state index in [-0.39, 0.29) is 23.0 Å². The standard InChI is InChI=1S/C21H30BN3O4/c1-14-11-16(22-28-20(5,6)21(7,8)29-22)10-9-15(14)12-25(19(2,3)4)18(26)17-24-23-13-27-17/h9-11,13H,12H2,1-8H3. The van der Waals surface area contributed by atoms with Crippen LogP contribution in [0.3, 0.4) is 0 Å². The molecular weight excluding hydrogens is 369 g/mol. The lowest BCUT2D eigenvalue weighted by Crippen LogP contribution is -2.45. The molecule has 0 N–H and O–H groups in total. The maximum Gasteiger partial charge on any atom is 0.494 e. The molecule has 2 aromatic rings. The third-order valence-electron chi connectivity index (χ3n) is 5.82. The molecule has 8 heteroatoms. The van der Waals surface area contributed by atoms with E-state index in [4.69, 9.17) is 13.7 Å². The molecule has 1 saturated heterocycles. The molecule has 0 bridgehead atoms. The summed E-state index contributed by atoms with van der Waals surface area (Å²) in [6.45, 7) is 16.6. The van der Waals surface area contributed by atoms with Crippen LogP contribution >= 0.6 is 0 Å². The molecule has 3 rings (SSSR count). The van der Waals surface area contributed by atoms with Gasteiger partial charge in [-0.2, -0.15) is 0 Å². The predicted molar refractivity (Wildman–Crippen MR) is 111 cm³/mol. The van der Waals surface area contributed by atoms with Crippen LogP contribution in [0.25, 0.3) is 0 Å². The minimum Gasteiger partial charge on any atom is -0.420 e. The lowest BCUT2D eigenvalue weighted by molar-refractivity contribution is 0.00578. The molecule has 1 aliphatic rings. The summed E-state index contributed by atoms with van der Waals surface area (Å²) in [6, 6.07) is 6.09. The zero-order chi connectivity index (χ0) is 21.6. The Hall–Kier alpha value is -2.19. The maximum absolute atomic E-state index is 12.9. The average Bonchev–Trinajstić information content (AvgIpc) is 3.18. The number of aryl methyl sites for hydroxylation is 1. The van der Waals surface area contributed by atoms with Crippen molar-refractivity contribution in [2.75, 3.05) is 0 Å². The van der Waals surface area contributed by atoms with E-state index in [1.54, 1.807) is 4.90 Å². The normalized spacial score (nSPS) is 18.1. The molecule has 1 aromatic carbocycles. The summed E-state index contributed by atoms with van der Waals surface area (Å²) in [5.41, 5.74) is 1.88. The van der Waals surface area contributed by atoms with Gasteiger partial charge in [-0.1, -0.05) is 18.2 Å². The zero-order valence-corrected chi connectivity index (χ0v) is 18.6. The first kappa shape index (κ1) is 21.5. The minimum absolute atomic E-state index is 0.00795. The molecule has 0 aliphatic carbocycles. The van der Waals surface area contributed by atoms with Gasteiger partial charge in [0.05, 0.1) is 11.2 Å². The Bertz CT molecular complexity index is 872. The number of rotatable bonds is 4. The highest BCUT2D eigenvalue weighted by atomic mass is 16.7. The van der Waals surface area contributed by atoms with Crippen LogP contribution in [0.4, 0.5) is 0 Å². The molecule has 7 nitrogen and oxygen atoms in total. The van der Waals surface area contributed by atoms with Crippen LogP contribution in [0.2, 0.25) is 0 Å². The average molecular weight is 399 g/mol. The van der Waals surface area contributed by atoms with E-state index >= 15 is 0 Å². The van der Waals surface area contributed by atoms with E-state index in [0.29, 0.717) is 6.54 Å². The molecule has 0 atom stereocenters. The van der Waals surface area contributed by atoms with Crippen LogP contribution < -0.4 is 5.46 Å². The number of carbonyl (C=O) groups excluding carboxylic acids is 1. The van der Waals surface area contributed by atoms with Crippen LogP contribution in [0, 0.1) is 6.92 Å². The number of benzene rings is 1. The second kappa shape index (κ2) is 7.25. The smallest absolute Gasteiger partial charge is 0.420 e. The van der Waals surface area contributed by atoms with E-state index in [2.05, 4.69) is 16.3 Å². The third-order valence-corrected chi connectivity index (χ3v) is 5.82. The zero-order valence-electron chi connectivity index (χ0n) is 18.6. The largest absolute Gasteiger partial charge is 0.494 e. The van der Waals surface area contributed by atoms with Gasteiger partial charge in [-0.3, -0.25) is 4.79 Å². The lowest BCUT2D eigenvalue weighted by Gasteiger charge is -2.35. The quantitative estimate of drug-likeness (QED) is 0.736. The lowest BCUT2D eigenvalue weighted by atomic mass is 9.78. The molecule has 29 heavy (non-hydrogen) atoms. The molecule has 1 amide bonds. The van der Waals surface area contributed by atoms with Gasteiger partial charge in [-0.25, -0.2) is 0 Å². The topological polar surface area (TPSA) is 77.7 Å². The molecule has 0 spiro atoms. The number of amides is 1. The molecule has 1 aliphatic heterocycles. The summed E-state index contributed by atoms with van der Waals surface area (Å²) in [5, 5.41) is 7.39. The van der Waals surface area contributed by atoms with E-state index in [9.17, 15) is 4.79 Å². The van der Waals surface area contributed by atoms with Crippen molar-refractivity contribution in [3.63, 3.8) is 0 Å². The fourth-order valence-corrected chi connectivity index (χ4v) is 3.19. The van der Waals surface area contributed by atoms with Gasteiger partial charge in [0, 0.05) is 12.1 Å². The van der Waals surface area contributed by atoms with Gasteiger partial charge in [0.15, 0.2) is 0 Å². The number of carbonyl (C=O) groups is 1. The van der Waals surface area contributed by atoms with Gasteiger partial charge < -0.3 is 18.6 Å². The van der Waals surface area contributed by atoms with Gasteiger partial charge in [0.25, 0.3) is 0 Å². The minimum atomic E-state index is -0.414. The molecular formula is C21H30BN3O4. The highest BCUT2D eigenvalue weighted by molar-refractivity contribution is 6.62. The van der Waals surface area contributed by atoms with Gasteiger partial charge >= 0.3 is 18.9 Å². The summed E-state index contributed by atoms with van der Waals surface area (Å²) in [5.74, 6) is -0.296. The first-order chi connectivity index (χ1) is 13.3. The van der Waals surface area contributed by atoms with Crippen LogP contribution in [0.1, 0.15) is 70.3 Å². The van der Waals surface area contributed by atoms with E-state index in [1.165, 1.54) is 6.39 Å². The Morgan fingerprint density at radius 1 is 1.14 bits per heavy atom. The van der Waals surface area contributed by atoms with Crippen molar-refractivity contribution >= 4 is 18.5 Å². The summed E-state index contributed by atoms with van der Waals surface area (Å²) in [4.78, 5) is 14.6. The monoisotopic (exact) mass is 399 g/mol. The van der Waals surface area contributed by atoms with E-state index < -0.39 is 12.7 Å². The second-order valence-corrected chi connectivity index (χ2v) is 9.58. The second-order valence-electron chi connectivity index (χ2n) is 9.58. The van der Waals surface area contributed by atoms with Crippen molar-refractivity contribution in [3.05, 3.63) is 41.6 Å². The van der Waals surface area contributed by atoms with Crippen LogP contribution in [-0.2, 0) is 15.9 Å². The van der Waals surface area contributed by atoms with Crippen LogP contribution in [0.15, 0.2) is 29.0 Å². The Morgan fingerprint density at radius 2 is 1.76 bits per heavy atom. The molecule has 2 heterocycles. The van der Waals surface area contributed by atoms with Crippen molar-refractivity contribution in [2.45, 2.75) is 78.7 Å². The number of hydrogen-bond donors (Lipinski definition) is 0. The first-order valence-corrected chi connectivity index (χ1v) is 9.85. The Kier molecular flexibility index (Phi) is 5.38. The highest BCUT2D eigenvalue weighted by Crippen LogP contribution is 2.36. The van der Waals surface area contributed by atoms with Gasteiger partial charge in [-0.15, -0.1) is 10.2 Å². The van der Waals surface area contributed by atoms with Crippen molar-refractivity contribution < 1.29 is 18.5 Å². The van der Waals surface area contributed by atoms with Crippen LogP contribution in [0.5, 0.6) is 0 Å². The summed E-state index contributed by atoms with van der Waals surface area (Å²) >= 11 is 0. The summed E-state index contributed by atoms with van der Waals surface area (Å²) in [6.07, 6.45) is 1.17. The third kappa shape index (κ3) is 4.23. The Morgan fingerprint density at radius 3 is 2.24 bits per heavy atom. The highest BCUT2D eigenvalue weighted by Gasteiger charge is 2.51. The van der Waals surface area contributed by atoms with Crippen molar-refractivity contribution in [1.29, 1.82) is 0 Å². The molecule has 0 unspecified atom stereocenters. The fourth-order valence-electron chi connectivity index (χ4n) is 3.19. The Labute approximate surface area is 172 Å². The summed E-state index contributed by atoms with van der Waals surface area (Å²) in [7, 11) is -0.411. The molecule has 156 valence electrons. The van der Waals surface area contributed by atoms with Crippen molar-refractivity contribution in [1.82, 2.24) is 15.1 Å². The van der Waals surface area contributed by atoms with E-state index in [0.717, 1.165) is 16.6 Å². The molecule has 1 fully saturated rings. The molecule has 0 saturated carbocycles. The number of hydrogen-bond acceptors (Lipinski definition) is 6. The first-order valence-electron chi connectivity index (χ1n) is 9.85. The van der Waals surface area contributed by atoms with Crippen molar-refractivity contribution in [3.8, 4) is 0 Å². The Balaban J connectivity index is 1.83. The van der Waals surface area contributed by atoms with Gasteiger partial charge in [-0.05, 0) is 72.0 Å². The molecule has 1 aromatic heterocycles. The predicted octanol–water partition coefficient (Wildman–Crippen LogP) is 3.12. The van der Waals surface area contributed by atoms with E-state index in [1.807, 2.05) is 67.5 Å². The number of nitrogens with zero attached hydrogens (tertiary/aromatic N) is 3. The SMILES string of the molecule is Cc1cc(B2OC(C)(C)C(C)(C)O2)ccc1CN(C(=O)c1nnco1)C(C)(C)C. The number of aromatic nitrogens is 2. The maximum atomic E-state index is 12.9. The fraction of sp³-hybridized carbons (Fsp3) is 0.571. The van der Waals surface area contributed by atoms with Gasteiger partial charge in [0.1, 0.15) is 0 Å². The summed E-state index contributed by atoms with van der Waals surface area (Å²) < 4.78 is 17.4.